The fraction of sp³-hybridized carbons (Fsp3) is 0.488. The van der Waals surface area contributed by atoms with Crippen molar-refractivity contribution < 1.29 is 32.5 Å². The van der Waals surface area contributed by atoms with Crippen molar-refractivity contribution in [1.82, 2.24) is 19.2 Å². The number of aromatic carboxylic acids is 1. The van der Waals surface area contributed by atoms with E-state index < -0.39 is 18.0 Å². The largest absolute Gasteiger partial charge is 0.493 e. The van der Waals surface area contributed by atoms with Crippen LogP contribution in [0.2, 0.25) is 5.02 Å². The van der Waals surface area contributed by atoms with Crippen molar-refractivity contribution in [3.8, 4) is 16.9 Å². The summed E-state index contributed by atoms with van der Waals surface area (Å²) >= 11 is 7.09. The number of benzene rings is 3. The van der Waals surface area contributed by atoms with Crippen molar-refractivity contribution in [2.75, 3.05) is 32.8 Å². The molecule has 7 rings (SSSR count). The van der Waals surface area contributed by atoms with Crippen molar-refractivity contribution in [2.45, 2.75) is 97.1 Å². The third-order valence-corrected chi connectivity index (χ3v) is 10.9. The summed E-state index contributed by atoms with van der Waals surface area (Å²) in [6.07, 6.45) is 7.05. The molecule has 2 aliphatic heterocycles. The summed E-state index contributed by atoms with van der Waals surface area (Å²) in [6.45, 7) is 7.57. The van der Waals surface area contributed by atoms with Crippen LogP contribution >= 0.6 is 11.6 Å². The Bertz CT molecular complexity index is 2120. The van der Waals surface area contributed by atoms with Gasteiger partial charge in [0.2, 0.25) is 0 Å². The van der Waals surface area contributed by atoms with Gasteiger partial charge in [0.15, 0.2) is 0 Å². The number of nitrogens with zero attached hydrogens (tertiary/aromatic N) is 4. The lowest BCUT2D eigenvalue weighted by atomic mass is 9.94. The van der Waals surface area contributed by atoms with Gasteiger partial charge in [-0.25, -0.2) is 18.0 Å². The average molecular weight is 781 g/mol. The van der Waals surface area contributed by atoms with Gasteiger partial charge in [0.1, 0.15) is 23.4 Å². The molecule has 1 N–H and O–H groups in total. The zero-order valence-electron chi connectivity index (χ0n) is 32.3. The average Bonchev–Trinajstić information content (AvgIpc) is 3.63. The molecule has 55 heavy (non-hydrogen) atoms. The lowest BCUT2D eigenvalue weighted by Crippen LogP contribution is -2.56. The fourth-order valence-corrected chi connectivity index (χ4v) is 8.28. The number of aromatic nitrogens is 3. The van der Waals surface area contributed by atoms with Crippen LogP contribution in [0, 0.1) is 5.82 Å². The standard InChI is InChI=1S/C38H40ClF3N4O4.C5H12/c1-3-29-33-32-28(39)14-13-27-26(9-7-19-49-30-10-6-8-23-20-24(40)11-12-25(23)30)36(37(47)48)46(35(27)32)16-4-5-18-50-31(34(33)43-44(29)2)15-17-45-21-38(41,42)22-45;1-3-5-4-2/h6,8,10-14,20,31H,3-5,7,9,15-19,21-22H2,1-2H3,(H,47,48);3-5H2,1-2H3. The van der Waals surface area contributed by atoms with E-state index in [0.29, 0.717) is 92.4 Å². The molecule has 1 fully saturated rings. The second-order valence-corrected chi connectivity index (χ2v) is 15.0. The summed E-state index contributed by atoms with van der Waals surface area (Å²) in [4.78, 5) is 14.8. The van der Waals surface area contributed by atoms with Gasteiger partial charge in [-0.15, -0.1) is 0 Å². The number of rotatable bonds is 12. The first-order chi connectivity index (χ1) is 26.5. The molecular formula is C43H52ClF3N4O4. The maximum absolute atomic E-state index is 13.8. The van der Waals surface area contributed by atoms with Crippen LogP contribution in [0.25, 0.3) is 32.8 Å². The number of hydrogen-bond acceptors (Lipinski definition) is 5. The third kappa shape index (κ3) is 8.84. The Balaban J connectivity index is 0.000000967. The number of alkyl halides is 2. The molecule has 296 valence electrons. The fourth-order valence-electron chi connectivity index (χ4n) is 8.03. The van der Waals surface area contributed by atoms with Crippen LogP contribution in [0.3, 0.4) is 0 Å². The predicted octanol–water partition coefficient (Wildman–Crippen LogP) is 10.6. The molecule has 1 saturated heterocycles. The molecule has 2 aromatic heterocycles. The number of halogens is 4. The Labute approximate surface area is 326 Å². The van der Waals surface area contributed by atoms with Gasteiger partial charge >= 0.3 is 5.97 Å². The smallest absolute Gasteiger partial charge is 0.352 e. The maximum atomic E-state index is 13.8. The van der Waals surface area contributed by atoms with Gasteiger partial charge in [-0.1, -0.05) is 69.8 Å². The normalized spacial score (nSPS) is 16.9. The first-order valence-electron chi connectivity index (χ1n) is 19.6. The van der Waals surface area contributed by atoms with Gasteiger partial charge in [0.25, 0.3) is 5.92 Å². The van der Waals surface area contributed by atoms with Crippen molar-refractivity contribution in [3.63, 3.8) is 0 Å². The maximum Gasteiger partial charge on any atom is 0.352 e. The minimum Gasteiger partial charge on any atom is -0.493 e. The molecule has 0 bridgehead atoms. The second-order valence-electron chi connectivity index (χ2n) is 14.6. The number of carboxylic acids is 1. The summed E-state index contributed by atoms with van der Waals surface area (Å²) in [7, 11) is 1.87. The second kappa shape index (κ2) is 17.8. The molecule has 0 spiro atoms. The van der Waals surface area contributed by atoms with E-state index in [2.05, 4.69) is 13.8 Å². The number of aryl methyl sites for hydroxylation is 3. The van der Waals surface area contributed by atoms with Crippen molar-refractivity contribution in [2.24, 2.45) is 7.05 Å². The number of unbranched alkanes of at least 4 members (excludes halogenated alkanes) is 2. The number of ether oxygens (including phenoxy) is 2. The van der Waals surface area contributed by atoms with E-state index in [0.717, 1.165) is 32.9 Å². The van der Waals surface area contributed by atoms with Crippen LogP contribution in [-0.2, 0) is 31.2 Å². The lowest BCUT2D eigenvalue weighted by Gasteiger charge is -2.39. The van der Waals surface area contributed by atoms with Crippen LogP contribution in [0.4, 0.5) is 13.2 Å². The minimum atomic E-state index is -2.66. The topological polar surface area (TPSA) is 81.8 Å². The Morgan fingerprint density at radius 1 is 1.04 bits per heavy atom. The van der Waals surface area contributed by atoms with Crippen molar-refractivity contribution >= 4 is 39.2 Å². The molecule has 5 aromatic rings. The van der Waals surface area contributed by atoms with E-state index in [4.69, 9.17) is 26.2 Å². The summed E-state index contributed by atoms with van der Waals surface area (Å²) in [5.41, 5.74) is 4.81. The molecule has 0 amide bonds. The molecule has 0 radical (unpaired) electrons. The molecule has 1 unspecified atom stereocenters. The van der Waals surface area contributed by atoms with E-state index in [9.17, 15) is 23.1 Å². The van der Waals surface area contributed by atoms with Gasteiger partial charge in [-0.05, 0) is 79.8 Å². The van der Waals surface area contributed by atoms with Crippen molar-refractivity contribution in [3.05, 3.63) is 82.0 Å². The lowest BCUT2D eigenvalue weighted by molar-refractivity contribution is -0.133. The molecule has 2 aliphatic rings. The Morgan fingerprint density at radius 3 is 2.49 bits per heavy atom. The van der Waals surface area contributed by atoms with Crippen LogP contribution < -0.4 is 4.74 Å². The summed E-state index contributed by atoms with van der Waals surface area (Å²) in [6, 6.07) is 13.8. The van der Waals surface area contributed by atoms with E-state index in [-0.39, 0.29) is 24.6 Å². The highest BCUT2D eigenvalue weighted by Crippen LogP contribution is 2.45. The summed E-state index contributed by atoms with van der Waals surface area (Å²) in [5, 5.41) is 18.5. The third-order valence-electron chi connectivity index (χ3n) is 10.6. The zero-order chi connectivity index (χ0) is 39.3. The number of hydrogen-bond donors (Lipinski definition) is 1. The molecule has 3 aromatic carbocycles. The van der Waals surface area contributed by atoms with Crippen LogP contribution in [-0.4, -0.2) is 69.1 Å². The van der Waals surface area contributed by atoms with Crippen LogP contribution in [0.5, 0.6) is 5.75 Å². The molecular weight excluding hydrogens is 729 g/mol. The number of fused-ring (bicyclic) bond motifs is 3. The molecule has 8 nitrogen and oxygen atoms in total. The van der Waals surface area contributed by atoms with E-state index in [1.54, 1.807) is 11.0 Å². The molecule has 0 aliphatic carbocycles. The summed E-state index contributed by atoms with van der Waals surface area (Å²) < 4.78 is 57.4. The predicted molar refractivity (Wildman–Crippen MR) is 212 cm³/mol. The molecule has 12 heteroatoms. The molecule has 0 saturated carbocycles. The van der Waals surface area contributed by atoms with Crippen LogP contribution in [0.15, 0.2) is 48.5 Å². The van der Waals surface area contributed by atoms with E-state index in [1.165, 1.54) is 31.4 Å². The first-order valence-corrected chi connectivity index (χ1v) is 20.0. The van der Waals surface area contributed by atoms with Gasteiger partial charge in [0.05, 0.1) is 35.9 Å². The number of carbonyl (C=O) groups is 1. The Morgan fingerprint density at radius 2 is 1.80 bits per heavy atom. The van der Waals surface area contributed by atoms with Gasteiger partial charge in [0, 0.05) is 54.3 Å². The number of carboxylic acid groups (broad SMARTS) is 1. The first kappa shape index (κ1) is 40.6. The van der Waals surface area contributed by atoms with Crippen LogP contribution in [0.1, 0.15) is 99.3 Å². The SMILES string of the molecule is CCCCC.CCc1c2c(nn1C)C(CCN1CC(F)(F)C1)OCCCCn1c(C(=O)O)c(CCCOc3cccc4cc(F)ccc34)c3ccc(Cl)c-2c31. The van der Waals surface area contributed by atoms with Gasteiger partial charge < -0.3 is 19.1 Å². The highest BCUT2D eigenvalue weighted by atomic mass is 35.5. The van der Waals surface area contributed by atoms with Gasteiger partial charge in [-0.3, -0.25) is 9.58 Å². The van der Waals surface area contributed by atoms with Crippen molar-refractivity contribution in [1.29, 1.82) is 0 Å². The van der Waals surface area contributed by atoms with E-state index in [1.807, 2.05) is 53.6 Å². The van der Waals surface area contributed by atoms with Gasteiger partial charge in [-0.2, -0.15) is 5.10 Å². The quantitative estimate of drug-likeness (QED) is 0.127. The molecule has 1 atom stereocenters. The Hall–Kier alpha value is -4.06. The highest BCUT2D eigenvalue weighted by molar-refractivity contribution is 6.35. The minimum absolute atomic E-state index is 0.225. The highest BCUT2D eigenvalue weighted by Gasteiger charge is 2.43. The molecule has 4 heterocycles. The van der Waals surface area contributed by atoms with E-state index >= 15 is 0 Å². The Kier molecular flexibility index (Phi) is 13.2. The number of likely N-dealkylation sites (tertiary alicyclic amines) is 1. The summed E-state index contributed by atoms with van der Waals surface area (Å²) in [5.74, 6) is -3.35. The zero-order valence-corrected chi connectivity index (χ0v) is 33.0. The monoisotopic (exact) mass is 780 g/mol.